The van der Waals surface area contributed by atoms with Crippen LogP contribution in [0.3, 0.4) is 0 Å². The molecular weight excluding hydrogens is 343 g/mol. The number of alkyl halides is 3. The van der Waals surface area contributed by atoms with Gasteiger partial charge in [-0.15, -0.1) is 0 Å². The predicted octanol–water partition coefficient (Wildman–Crippen LogP) is 5.77. The van der Waals surface area contributed by atoms with Gasteiger partial charge >= 0.3 is 6.03 Å². The fourth-order valence-corrected chi connectivity index (χ4v) is 2.28. The van der Waals surface area contributed by atoms with Crippen molar-refractivity contribution in [1.82, 2.24) is 0 Å². The highest BCUT2D eigenvalue weighted by atomic mass is 35.6. The molecular formula is C16H15Cl3N2O. The van der Waals surface area contributed by atoms with Crippen LogP contribution >= 0.6 is 34.8 Å². The number of hydrogen-bond donors (Lipinski definition) is 2. The average molecular weight is 358 g/mol. The number of halogens is 3. The van der Waals surface area contributed by atoms with Crippen LogP contribution in [-0.2, 0) is 3.79 Å². The van der Waals surface area contributed by atoms with E-state index in [2.05, 4.69) is 10.6 Å². The van der Waals surface area contributed by atoms with Crippen LogP contribution in [0.5, 0.6) is 0 Å². The standard InChI is InChI=1S/C16H15Cl3N2O/c1-10-3-4-11(2)14(9-10)21-15(22)20-13-7-5-12(6-8-13)16(17,18)19/h3-9H,1-2H3,(H2,20,21,22). The Kier molecular flexibility index (Phi) is 5.22. The first-order valence-corrected chi connectivity index (χ1v) is 7.71. The van der Waals surface area contributed by atoms with Crippen LogP contribution in [-0.4, -0.2) is 6.03 Å². The Morgan fingerprint density at radius 3 is 2.18 bits per heavy atom. The quantitative estimate of drug-likeness (QED) is 0.658. The van der Waals surface area contributed by atoms with Crippen molar-refractivity contribution < 1.29 is 4.79 Å². The molecule has 0 saturated carbocycles. The fraction of sp³-hybridized carbons (Fsp3) is 0.188. The van der Waals surface area contributed by atoms with Gasteiger partial charge in [-0.2, -0.15) is 0 Å². The molecule has 0 fully saturated rings. The second-order valence-electron chi connectivity index (χ2n) is 4.97. The van der Waals surface area contributed by atoms with Gasteiger partial charge in [0.05, 0.1) is 0 Å². The van der Waals surface area contributed by atoms with Crippen molar-refractivity contribution >= 4 is 52.2 Å². The first-order valence-electron chi connectivity index (χ1n) is 6.58. The van der Waals surface area contributed by atoms with E-state index in [1.165, 1.54) is 0 Å². The molecule has 0 aliphatic carbocycles. The third kappa shape index (κ3) is 4.54. The summed E-state index contributed by atoms with van der Waals surface area (Å²) in [4.78, 5) is 12.0. The van der Waals surface area contributed by atoms with Gasteiger partial charge in [0.15, 0.2) is 0 Å². The van der Waals surface area contributed by atoms with Gasteiger partial charge in [0.1, 0.15) is 0 Å². The lowest BCUT2D eigenvalue weighted by Gasteiger charge is -2.13. The predicted molar refractivity (Wildman–Crippen MR) is 94.2 cm³/mol. The molecule has 6 heteroatoms. The summed E-state index contributed by atoms with van der Waals surface area (Å²) in [7, 11) is 0. The topological polar surface area (TPSA) is 41.1 Å². The number of carbonyl (C=O) groups excluding carboxylic acids is 1. The van der Waals surface area contributed by atoms with E-state index < -0.39 is 3.79 Å². The molecule has 0 atom stereocenters. The molecule has 2 rings (SSSR count). The molecule has 0 bridgehead atoms. The van der Waals surface area contributed by atoms with Crippen LogP contribution in [0.25, 0.3) is 0 Å². The molecule has 0 heterocycles. The first kappa shape index (κ1) is 16.9. The molecule has 2 N–H and O–H groups in total. The molecule has 0 radical (unpaired) electrons. The van der Waals surface area contributed by atoms with Crippen molar-refractivity contribution in [3.63, 3.8) is 0 Å². The van der Waals surface area contributed by atoms with Crippen molar-refractivity contribution in [3.05, 3.63) is 59.2 Å². The van der Waals surface area contributed by atoms with Crippen LogP contribution in [0.15, 0.2) is 42.5 Å². The molecule has 116 valence electrons. The third-order valence-electron chi connectivity index (χ3n) is 3.11. The van der Waals surface area contributed by atoms with E-state index in [4.69, 9.17) is 34.8 Å². The van der Waals surface area contributed by atoms with E-state index in [0.717, 1.165) is 16.8 Å². The number of rotatable bonds is 2. The zero-order valence-electron chi connectivity index (χ0n) is 12.1. The normalized spacial score (nSPS) is 11.1. The summed E-state index contributed by atoms with van der Waals surface area (Å²) in [5.41, 5.74) is 3.99. The summed E-state index contributed by atoms with van der Waals surface area (Å²) < 4.78 is -1.47. The van der Waals surface area contributed by atoms with Crippen molar-refractivity contribution in [1.29, 1.82) is 0 Å². The summed E-state index contributed by atoms with van der Waals surface area (Å²) in [5, 5.41) is 5.55. The Morgan fingerprint density at radius 1 is 0.955 bits per heavy atom. The molecule has 0 saturated heterocycles. The molecule has 0 aliphatic heterocycles. The minimum atomic E-state index is -1.47. The minimum Gasteiger partial charge on any atom is -0.308 e. The molecule has 3 nitrogen and oxygen atoms in total. The maximum Gasteiger partial charge on any atom is 0.323 e. The lowest BCUT2D eigenvalue weighted by atomic mass is 10.1. The van der Waals surface area contributed by atoms with Gasteiger partial charge in [-0.05, 0) is 43.2 Å². The maximum absolute atomic E-state index is 12.0. The van der Waals surface area contributed by atoms with E-state index in [-0.39, 0.29) is 6.03 Å². The zero-order valence-corrected chi connectivity index (χ0v) is 14.4. The van der Waals surface area contributed by atoms with Crippen LogP contribution in [0.1, 0.15) is 16.7 Å². The molecule has 0 spiro atoms. The van der Waals surface area contributed by atoms with Crippen LogP contribution < -0.4 is 10.6 Å². The number of anilines is 2. The highest BCUT2D eigenvalue weighted by molar-refractivity contribution is 6.66. The lowest BCUT2D eigenvalue weighted by Crippen LogP contribution is -2.20. The monoisotopic (exact) mass is 356 g/mol. The van der Waals surface area contributed by atoms with Crippen LogP contribution in [0.4, 0.5) is 16.2 Å². The van der Waals surface area contributed by atoms with Crippen molar-refractivity contribution in [2.45, 2.75) is 17.6 Å². The van der Waals surface area contributed by atoms with Crippen molar-refractivity contribution in [2.75, 3.05) is 10.6 Å². The second kappa shape index (κ2) is 6.78. The van der Waals surface area contributed by atoms with Gasteiger partial charge < -0.3 is 10.6 Å². The summed E-state index contributed by atoms with van der Waals surface area (Å²) in [6.07, 6.45) is 0. The van der Waals surface area contributed by atoms with Gasteiger partial charge in [0, 0.05) is 16.9 Å². The third-order valence-corrected chi connectivity index (χ3v) is 3.77. The maximum atomic E-state index is 12.0. The van der Waals surface area contributed by atoms with E-state index in [0.29, 0.717) is 11.3 Å². The highest BCUT2D eigenvalue weighted by Gasteiger charge is 2.22. The SMILES string of the molecule is Cc1ccc(C)c(NC(=O)Nc2ccc(C(Cl)(Cl)Cl)cc2)c1. The zero-order chi connectivity index (χ0) is 16.3. The average Bonchev–Trinajstić information content (AvgIpc) is 2.42. The summed E-state index contributed by atoms with van der Waals surface area (Å²) in [5.74, 6) is 0. The van der Waals surface area contributed by atoms with Gasteiger partial charge in [-0.1, -0.05) is 59.1 Å². The number of benzene rings is 2. The number of carbonyl (C=O) groups is 1. The second-order valence-corrected chi connectivity index (χ2v) is 7.25. The van der Waals surface area contributed by atoms with Gasteiger partial charge in [0.25, 0.3) is 0 Å². The summed E-state index contributed by atoms with van der Waals surface area (Å²) in [6, 6.07) is 12.2. The molecule has 0 aliphatic rings. The molecule has 0 unspecified atom stereocenters. The molecule has 22 heavy (non-hydrogen) atoms. The molecule has 2 aromatic rings. The number of urea groups is 1. The van der Waals surface area contributed by atoms with E-state index in [1.807, 2.05) is 32.0 Å². The Morgan fingerprint density at radius 2 is 1.59 bits per heavy atom. The molecule has 0 aromatic heterocycles. The lowest BCUT2D eigenvalue weighted by molar-refractivity contribution is 0.262. The summed E-state index contributed by atoms with van der Waals surface area (Å²) >= 11 is 17.4. The number of amides is 2. The highest BCUT2D eigenvalue weighted by Crippen LogP contribution is 2.38. The number of hydrogen-bond acceptors (Lipinski definition) is 1. The Balaban J connectivity index is 2.04. The minimum absolute atomic E-state index is 0.324. The molecule has 2 amide bonds. The van der Waals surface area contributed by atoms with Crippen LogP contribution in [0, 0.1) is 13.8 Å². The van der Waals surface area contributed by atoms with E-state index in [1.54, 1.807) is 24.3 Å². The Labute approximate surface area is 144 Å². The number of aryl methyl sites for hydroxylation is 2. The Hall–Kier alpha value is -1.42. The Bertz CT molecular complexity index is 679. The van der Waals surface area contributed by atoms with Gasteiger partial charge in [0.2, 0.25) is 3.79 Å². The fourth-order valence-electron chi connectivity index (χ4n) is 1.90. The van der Waals surface area contributed by atoms with Crippen LogP contribution in [0.2, 0.25) is 0 Å². The smallest absolute Gasteiger partial charge is 0.308 e. The van der Waals surface area contributed by atoms with Gasteiger partial charge in [-0.3, -0.25) is 0 Å². The summed E-state index contributed by atoms with van der Waals surface area (Å²) in [6.45, 7) is 3.91. The number of nitrogens with one attached hydrogen (secondary N) is 2. The van der Waals surface area contributed by atoms with E-state index in [9.17, 15) is 4.79 Å². The largest absolute Gasteiger partial charge is 0.323 e. The van der Waals surface area contributed by atoms with Crippen molar-refractivity contribution in [2.24, 2.45) is 0 Å². The van der Waals surface area contributed by atoms with Crippen molar-refractivity contribution in [3.8, 4) is 0 Å². The first-order chi connectivity index (χ1) is 10.3. The van der Waals surface area contributed by atoms with E-state index >= 15 is 0 Å². The molecule has 2 aromatic carbocycles. The van der Waals surface area contributed by atoms with Gasteiger partial charge in [-0.25, -0.2) is 4.79 Å².